The summed E-state index contributed by atoms with van der Waals surface area (Å²) >= 11 is 0. The van der Waals surface area contributed by atoms with E-state index in [0.29, 0.717) is 11.5 Å². The van der Waals surface area contributed by atoms with Gasteiger partial charge in [0.15, 0.2) is 5.82 Å². The molecule has 0 fully saturated rings. The lowest BCUT2D eigenvalue weighted by molar-refractivity contribution is 0.653. The van der Waals surface area contributed by atoms with Gasteiger partial charge in [-0.25, -0.2) is 4.98 Å². The highest BCUT2D eigenvalue weighted by atomic mass is 16.3. The van der Waals surface area contributed by atoms with Crippen molar-refractivity contribution >= 4 is 82.0 Å². The van der Waals surface area contributed by atoms with E-state index in [2.05, 4.69) is 142 Å². The van der Waals surface area contributed by atoms with Crippen LogP contribution in [0.2, 0.25) is 0 Å². The normalized spacial score (nSPS) is 12.3. The Balaban J connectivity index is 1.16. The topological polar surface area (TPSA) is 48.3 Å². The van der Waals surface area contributed by atoms with Gasteiger partial charge in [0.1, 0.15) is 5.58 Å². The standard InChI is InChI=1S/C46H26N4O/c1-2-12-27(13-3-1)43-42-34-16-6-9-23-40(34)51-46(42)48-45(47-43)35-19-11-22-38-41(35)33-15-5-8-21-37(33)49(38)28-24-25-30-32-18-10-17-31-29-14-4-7-20-36(29)50(44(31)32)39(30)26-28/h1-26H. The van der Waals surface area contributed by atoms with Crippen LogP contribution in [0, 0.1) is 0 Å². The van der Waals surface area contributed by atoms with Crippen LogP contribution in [0.4, 0.5) is 0 Å². The van der Waals surface area contributed by atoms with Crippen molar-refractivity contribution in [3.8, 4) is 28.3 Å². The summed E-state index contributed by atoms with van der Waals surface area (Å²) in [7, 11) is 0. The molecule has 0 unspecified atom stereocenters. The van der Waals surface area contributed by atoms with Crippen molar-refractivity contribution in [1.82, 2.24) is 18.9 Å². The van der Waals surface area contributed by atoms with Crippen LogP contribution < -0.4 is 0 Å². The van der Waals surface area contributed by atoms with Gasteiger partial charge >= 0.3 is 0 Å². The third-order valence-corrected chi connectivity index (χ3v) is 10.7. The van der Waals surface area contributed by atoms with E-state index >= 15 is 0 Å². The number of hydrogen-bond acceptors (Lipinski definition) is 3. The van der Waals surface area contributed by atoms with Gasteiger partial charge in [-0.1, -0.05) is 121 Å². The van der Waals surface area contributed by atoms with Crippen LogP contribution in [0.3, 0.4) is 0 Å². The first-order valence-electron chi connectivity index (χ1n) is 17.3. The molecule has 51 heavy (non-hydrogen) atoms. The number of hydrogen-bond donors (Lipinski definition) is 0. The monoisotopic (exact) mass is 650 g/mol. The van der Waals surface area contributed by atoms with Crippen LogP contribution in [-0.2, 0) is 0 Å². The highest BCUT2D eigenvalue weighted by Gasteiger charge is 2.23. The van der Waals surface area contributed by atoms with E-state index in [9.17, 15) is 0 Å². The van der Waals surface area contributed by atoms with Gasteiger partial charge in [-0.05, 0) is 36.4 Å². The van der Waals surface area contributed by atoms with Gasteiger partial charge in [-0.3, -0.25) is 0 Å². The number of rotatable bonds is 3. The van der Waals surface area contributed by atoms with Crippen molar-refractivity contribution in [2.75, 3.05) is 0 Å². The average Bonchev–Trinajstić information content (AvgIpc) is 3.93. The highest BCUT2D eigenvalue weighted by molar-refractivity contribution is 6.23. The van der Waals surface area contributed by atoms with E-state index in [-0.39, 0.29) is 0 Å². The van der Waals surface area contributed by atoms with Crippen LogP contribution in [-0.4, -0.2) is 18.9 Å². The first kappa shape index (κ1) is 26.9. The Morgan fingerprint density at radius 1 is 0.451 bits per heavy atom. The maximum absolute atomic E-state index is 6.41. The third-order valence-electron chi connectivity index (χ3n) is 10.7. The molecular formula is C46H26N4O. The minimum absolute atomic E-state index is 0.587. The largest absolute Gasteiger partial charge is 0.438 e. The van der Waals surface area contributed by atoms with Crippen LogP contribution in [0.1, 0.15) is 0 Å². The summed E-state index contributed by atoms with van der Waals surface area (Å²) in [6.07, 6.45) is 0. The molecule has 0 bridgehead atoms. The fourth-order valence-corrected chi connectivity index (χ4v) is 8.59. The van der Waals surface area contributed by atoms with Crippen molar-refractivity contribution in [2.24, 2.45) is 0 Å². The van der Waals surface area contributed by atoms with E-state index in [0.717, 1.165) is 60.7 Å². The Kier molecular flexibility index (Phi) is 5.17. The summed E-state index contributed by atoms with van der Waals surface area (Å²) < 4.78 is 11.2. The van der Waals surface area contributed by atoms with Crippen LogP contribution in [0.5, 0.6) is 0 Å². The van der Waals surface area contributed by atoms with Gasteiger partial charge in [0.2, 0.25) is 5.71 Å². The molecule has 0 amide bonds. The zero-order chi connectivity index (χ0) is 33.2. The Bertz CT molecular complexity index is 3370. The highest BCUT2D eigenvalue weighted by Crippen LogP contribution is 2.43. The van der Waals surface area contributed by atoms with Gasteiger partial charge in [-0.2, -0.15) is 4.98 Å². The smallest absolute Gasteiger partial charge is 0.231 e. The van der Waals surface area contributed by atoms with E-state index in [4.69, 9.17) is 14.4 Å². The Labute approximate surface area is 290 Å². The zero-order valence-electron chi connectivity index (χ0n) is 27.2. The molecule has 0 radical (unpaired) electrons. The lowest BCUT2D eigenvalue weighted by atomic mass is 10.0. The van der Waals surface area contributed by atoms with E-state index in [1.165, 1.54) is 38.1 Å². The predicted octanol–water partition coefficient (Wildman–Crippen LogP) is 12.0. The quantitative estimate of drug-likeness (QED) is 0.191. The average molecular weight is 651 g/mol. The molecule has 0 aliphatic carbocycles. The predicted molar refractivity (Wildman–Crippen MR) is 209 cm³/mol. The molecule has 5 heterocycles. The van der Waals surface area contributed by atoms with E-state index in [1.54, 1.807) is 0 Å². The summed E-state index contributed by atoms with van der Waals surface area (Å²) in [6, 6.07) is 55.9. The molecule has 5 aromatic heterocycles. The summed E-state index contributed by atoms with van der Waals surface area (Å²) in [5.41, 5.74) is 11.3. The van der Waals surface area contributed by atoms with Crippen molar-refractivity contribution in [2.45, 2.75) is 0 Å². The van der Waals surface area contributed by atoms with E-state index in [1.807, 2.05) is 24.3 Å². The molecule has 236 valence electrons. The van der Waals surface area contributed by atoms with Crippen molar-refractivity contribution in [3.05, 3.63) is 158 Å². The summed E-state index contributed by atoms with van der Waals surface area (Å²) in [5.74, 6) is 0.638. The number of furan rings is 1. The lowest BCUT2D eigenvalue weighted by Crippen LogP contribution is -1.96. The van der Waals surface area contributed by atoms with Crippen LogP contribution in [0.25, 0.3) is 110 Å². The summed E-state index contributed by atoms with van der Waals surface area (Å²) in [6.45, 7) is 0. The summed E-state index contributed by atoms with van der Waals surface area (Å²) in [5, 5.41) is 9.31. The number of fused-ring (bicyclic) bond motifs is 12. The second-order valence-electron chi connectivity index (χ2n) is 13.3. The first-order valence-corrected chi connectivity index (χ1v) is 17.3. The second-order valence-corrected chi connectivity index (χ2v) is 13.3. The first-order chi connectivity index (χ1) is 25.3. The minimum Gasteiger partial charge on any atom is -0.438 e. The number of benzene rings is 7. The van der Waals surface area contributed by atoms with Crippen molar-refractivity contribution in [1.29, 1.82) is 0 Å². The molecule has 7 aromatic carbocycles. The maximum atomic E-state index is 6.41. The SMILES string of the molecule is c1ccc(-c2nc(-c3cccc4c3c3ccccc3n4-c3ccc4c5cccc6c7ccccc7n(c4c3)c65)nc3oc4ccccc4c23)cc1. The minimum atomic E-state index is 0.587. The molecule has 0 saturated heterocycles. The molecule has 0 aliphatic rings. The van der Waals surface area contributed by atoms with Crippen LogP contribution >= 0.6 is 0 Å². The van der Waals surface area contributed by atoms with Gasteiger partial charge in [0.25, 0.3) is 0 Å². The Morgan fingerprint density at radius 2 is 1.12 bits per heavy atom. The van der Waals surface area contributed by atoms with Gasteiger partial charge in [0, 0.05) is 54.5 Å². The van der Waals surface area contributed by atoms with Gasteiger partial charge < -0.3 is 13.4 Å². The van der Waals surface area contributed by atoms with Crippen molar-refractivity contribution in [3.63, 3.8) is 0 Å². The summed E-state index contributed by atoms with van der Waals surface area (Å²) in [4.78, 5) is 10.5. The molecule has 0 atom stereocenters. The fraction of sp³-hybridized carbons (Fsp3) is 0. The Hall–Kier alpha value is -6.98. The number of aromatic nitrogens is 4. The second kappa shape index (κ2) is 9.80. The van der Waals surface area contributed by atoms with Gasteiger partial charge in [-0.15, -0.1) is 0 Å². The molecular weight excluding hydrogens is 625 g/mol. The zero-order valence-corrected chi connectivity index (χ0v) is 27.2. The Morgan fingerprint density at radius 3 is 1.98 bits per heavy atom. The molecule has 5 heteroatoms. The van der Waals surface area contributed by atoms with Crippen molar-refractivity contribution < 1.29 is 4.42 Å². The molecule has 5 nitrogen and oxygen atoms in total. The third kappa shape index (κ3) is 3.54. The molecule has 0 N–H and O–H groups in total. The molecule has 0 aliphatic heterocycles. The van der Waals surface area contributed by atoms with E-state index < -0.39 is 0 Å². The maximum Gasteiger partial charge on any atom is 0.231 e. The molecule has 0 saturated carbocycles. The van der Waals surface area contributed by atoms with Crippen LogP contribution in [0.15, 0.2) is 162 Å². The van der Waals surface area contributed by atoms with Gasteiger partial charge in [0.05, 0.1) is 38.7 Å². The number of para-hydroxylation sites is 4. The lowest BCUT2D eigenvalue weighted by Gasteiger charge is -2.10. The number of nitrogens with zero attached hydrogens (tertiary/aromatic N) is 4. The molecule has 12 aromatic rings. The molecule has 12 rings (SSSR count). The molecule has 0 spiro atoms. The fourth-order valence-electron chi connectivity index (χ4n) is 8.59.